The molecule has 0 aromatic carbocycles. The zero-order valence-electron chi connectivity index (χ0n) is 10.5. The maximum Gasteiger partial charge on any atom is 0.252 e. The van der Waals surface area contributed by atoms with E-state index in [0.29, 0.717) is 24.6 Å². The van der Waals surface area contributed by atoms with Crippen LogP contribution in [0.25, 0.3) is 0 Å². The molecule has 1 unspecified atom stereocenters. The molecule has 1 atom stereocenters. The molecule has 0 bridgehead atoms. The normalized spacial score (nSPS) is 21.4. The van der Waals surface area contributed by atoms with Crippen LogP contribution in [-0.2, 0) is 14.8 Å². The van der Waals surface area contributed by atoms with Gasteiger partial charge in [-0.25, -0.2) is 8.42 Å². The van der Waals surface area contributed by atoms with Crippen LogP contribution < -0.4 is 5.73 Å². The lowest BCUT2D eigenvalue weighted by Gasteiger charge is -2.33. The van der Waals surface area contributed by atoms with Gasteiger partial charge in [-0.3, -0.25) is 0 Å². The third-order valence-corrected chi connectivity index (χ3v) is 6.92. The van der Waals surface area contributed by atoms with Gasteiger partial charge in [0.25, 0.3) is 10.0 Å². The van der Waals surface area contributed by atoms with Crippen LogP contribution in [0.15, 0.2) is 16.3 Å². The fraction of sp³-hybridized carbons (Fsp3) is 0.545. The van der Waals surface area contributed by atoms with Crippen LogP contribution in [-0.4, -0.2) is 43.5 Å². The SMILES string of the molecule is CCC1COCCN1S(=O)(=O)c1ccc(C(N)=S)s1. The molecule has 1 fully saturated rings. The summed E-state index contributed by atoms with van der Waals surface area (Å²) in [5, 5.41) is 0. The predicted octanol–water partition coefficient (Wildman–Crippen LogP) is 1.18. The molecule has 1 aliphatic heterocycles. The lowest BCUT2D eigenvalue weighted by Crippen LogP contribution is -2.48. The van der Waals surface area contributed by atoms with Crippen molar-refractivity contribution in [3.63, 3.8) is 0 Å². The summed E-state index contributed by atoms with van der Waals surface area (Å²) < 4.78 is 32.3. The fourth-order valence-electron chi connectivity index (χ4n) is 1.98. The van der Waals surface area contributed by atoms with Crippen LogP contribution in [0.1, 0.15) is 18.2 Å². The van der Waals surface area contributed by atoms with E-state index in [2.05, 4.69) is 0 Å². The van der Waals surface area contributed by atoms with Crippen molar-refractivity contribution in [3.8, 4) is 0 Å². The van der Waals surface area contributed by atoms with E-state index < -0.39 is 10.0 Å². The molecule has 1 aromatic heterocycles. The number of sulfonamides is 1. The highest BCUT2D eigenvalue weighted by Crippen LogP contribution is 2.27. The summed E-state index contributed by atoms with van der Waals surface area (Å²) in [7, 11) is -3.48. The summed E-state index contributed by atoms with van der Waals surface area (Å²) in [6.45, 7) is 3.23. The first-order valence-corrected chi connectivity index (χ1v) is 8.62. The van der Waals surface area contributed by atoms with Crippen LogP contribution in [0.4, 0.5) is 0 Å². The average molecular weight is 320 g/mol. The van der Waals surface area contributed by atoms with E-state index in [4.69, 9.17) is 22.7 Å². The summed E-state index contributed by atoms with van der Waals surface area (Å²) in [4.78, 5) is 0.843. The van der Waals surface area contributed by atoms with E-state index >= 15 is 0 Å². The van der Waals surface area contributed by atoms with Crippen molar-refractivity contribution in [2.75, 3.05) is 19.8 Å². The monoisotopic (exact) mass is 320 g/mol. The second-order valence-electron chi connectivity index (χ2n) is 4.24. The third kappa shape index (κ3) is 2.97. The van der Waals surface area contributed by atoms with E-state index in [0.717, 1.165) is 17.8 Å². The highest BCUT2D eigenvalue weighted by Gasteiger charge is 2.34. The van der Waals surface area contributed by atoms with Gasteiger partial charge in [-0.1, -0.05) is 19.1 Å². The Kier molecular flexibility index (Phi) is 4.57. The molecule has 0 saturated carbocycles. The number of thiocarbonyl (C=S) groups is 1. The quantitative estimate of drug-likeness (QED) is 0.844. The van der Waals surface area contributed by atoms with Gasteiger partial charge in [0.15, 0.2) is 0 Å². The number of hydrogen-bond acceptors (Lipinski definition) is 5. The molecule has 5 nitrogen and oxygen atoms in total. The molecule has 1 aromatic rings. The van der Waals surface area contributed by atoms with Crippen molar-refractivity contribution in [2.24, 2.45) is 5.73 Å². The fourth-order valence-corrected chi connectivity index (χ4v) is 5.13. The van der Waals surface area contributed by atoms with Gasteiger partial charge < -0.3 is 10.5 Å². The van der Waals surface area contributed by atoms with Gasteiger partial charge in [0, 0.05) is 12.6 Å². The second kappa shape index (κ2) is 5.84. The smallest absolute Gasteiger partial charge is 0.252 e. The minimum atomic E-state index is -3.48. The van der Waals surface area contributed by atoms with Gasteiger partial charge in [0.1, 0.15) is 9.20 Å². The van der Waals surface area contributed by atoms with Gasteiger partial charge >= 0.3 is 0 Å². The summed E-state index contributed by atoms with van der Waals surface area (Å²) in [5.74, 6) is 0. The maximum absolute atomic E-state index is 12.6. The molecule has 2 N–H and O–H groups in total. The molecule has 1 aliphatic rings. The molecule has 0 radical (unpaired) electrons. The van der Waals surface area contributed by atoms with Crippen LogP contribution in [0, 0.1) is 0 Å². The van der Waals surface area contributed by atoms with Crippen molar-refractivity contribution in [1.29, 1.82) is 0 Å². The van der Waals surface area contributed by atoms with E-state index in [9.17, 15) is 8.42 Å². The standard InChI is InChI=1S/C11H16N2O3S3/c1-2-8-7-16-6-5-13(8)19(14,15)10-4-3-9(18-10)11(12)17/h3-4,8H,2,5-7H2,1H3,(H2,12,17). The zero-order chi connectivity index (χ0) is 14.0. The van der Waals surface area contributed by atoms with Crippen molar-refractivity contribution in [3.05, 3.63) is 17.0 Å². The minimum absolute atomic E-state index is 0.103. The highest BCUT2D eigenvalue weighted by molar-refractivity contribution is 7.91. The first-order valence-electron chi connectivity index (χ1n) is 5.96. The van der Waals surface area contributed by atoms with E-state index in [-0.39, 0.29) is 15.2 Å². The molecular weight excluding hydrogens is 304 g/mol. The van der Waals surface area contributed by atoms with Gasteiger partial charge in [0.2, 0.25) is 0 Å². The van der Waals surface area contributed by atoms with Crippen molar-refractivity contribution >= 4 is 38.6 Å². The number of ether oxygens (including phenoxy) is 1. The largest absolute Gasteiger partial charge is 0.389 e. The predicted molar refractivity (Wildman–Crippen MR) is 79.0 cm³/mol. The number of thiophene rings is 1. The number of nitrogens with two attached hydrogens (primary N) is 1. The number of rotatable bonds is 4. The second-order valence-corrected chi connectivity index (χ2v) is 7.88. The molecule has 0 spiro atoms. The lowest BCUT2D eigenvalue weighted by atomic mass is 10.2. The first-order chi connectivity index (χ1) is 8.96. The Morgan fingerprint density at radius 2 is 2.37 bits per heavy atom. The number of morpholine rings is 1. The Balaban J connectivity index is 2.32. The maximum atomic E-state index is 12.6. The molecule has 0 aliphatic carbocycles. The van der Waals surface area contributed by atoms with E-state index in [1.807, 2.05) is 6.92 Å². The van der Waals surface area contributed by atoms with Crippen LogP contribution in [0.5, 0.6) is 0 Å². The number of hydrogen-bond donors (Lipinski definition) is 1. The highest BCUT2D eigenvalue weighted by atomic mass is 32.2. The molecular formula is C11H16N2O3S3. The molecule has 106 valence electrons. The minimum Gasteiger partial charge on any atom is -0.389 e. The summed E-state index contributed by atoms with van der Waals surface area (Å²) >= 11 is 5.98. The zero-order valence-corrected chi connectivity index (χ0v) is 13.0. The molecule has 0 amide bonds. The van der Waals surface area contributed by atoms with Crippen LogP contribution in [0.3, 0.4) is 0 Å². The Morgan fingerprint density at radius 3 is 2.95 bits per heavy atom. The van der Waals surface area contributed by atoms with Gasteiger partial charge in [-0.05, 0) is 18.6 Å². The summed E-state index contributed by atoms with van der Waals surface area (Å²) in [5.41, 5.74) is 5.52. The molecule has 1 saturated heterocycles. The van der Waals surface area contributed by atoms with E-state index in [1.54, 1.807) is 12.1 Å². The van der Waals surface area contributed by atoms with Crippen LogP contribution in [0.2, 0.25) is 0 Å². The number of nitrogens with zero attached hydrogens (tertiary/aromatic N) is 1. The third-order valence-electron chi connectivity index (χ3n) is 3.03. The molecule has 19 heavy (non-hydrogen) atoms. The van der Waals surface area contributed by atoms with Crippen molar-refractivity contribution in [1.82, 2.24) is 4.31 Å². The van der Waals surface area contributed by atoms with Crippen molar-refractivity contribution in [2.45, 2.75) is 23.6 Å². The topological polar surface area (TPSA) is 72.6 Å². The lowest BCUT2D eigenvalue weighted by molar-refractivity contribution is 0.0315. The molecule has 8 heteroatoms. The first kappa shape index (κ1) is 14.9. The van der Waals surface area contributed by atoms with Gasteiger partial charge in [-0.15, -0.1) is 11.3 Å². The molecule has 2 rings (SSSR count). The van der Waals surface area contributed by atoms with Gasteiger partial charge in [-0.2, -0.15) is 4.31 Å². The van der Waals surface area contributed by atoms with Crippen molar-refractivity contribution < 1.29 is 13.2 Å². The Labute approximate surface area is 122 Å². The Morgan fingerprint density at radius 1 is 1.63 bits per heavy atom. The Bertz CT molecular complexity index is 567. The molecule has 2 heterocycles. The van der Waals surface area contributed by atoms with Gasteiger partial charge in [0.05, 0.1) is 18.1 Å². The summed E-state index contributed by atoms with van der Waals surface area (Å²) in [6, 6.07) is 3.12. The van der Waals surface area contributed by atoms with E-state index in [1.165, 1.54) is 4.31 Å². The van der Waals surface area contributed by atoms with Crippen LogP contribution >= 0.6 is 23.6 Å². The average Bonchev–Trinajstić information content (AvgIpc) is 2.89. The summed E-state index contributed by atoms with van der Waals surface area (Å²) in [6.07, 6.45) is 0.729. The Hall–Kier alpha value is -0.540.